The van der Waals surface area contributed by atoms with E-state index in [1.807, 2.05) is 11.9 Å². The predicted octanol–water partition coefficient (Wildman–Crippen LogP) is 2.40. The molecule has 1 aliphatic rings. The minimum atomic E-state index is -3.50. The Labute approximate surface area is 127 Å². The van der Waals surface area contributed by atoms with Gasteiger partial charge in [0.1, 0.15) is 0 Å². The lowest BCUT2D eigenvalue weighted by Gasteiger charge is -2.13. The second kappa shape index (κ2) is 4.79. The van der Waals surface area contributed by atoms with Crippen molar-refractivity contribution in [1.29, 1.82) is 0 Å². The molecule has 0 unspecified atom stereocenters. The number of fused-ring (bicyclic) bond motifs is 3. The molecular formula is C14H17N3O4S. The van der Waals surface area contributed by atoms with Crippen LogP contribution in [0.25, 0.3) is 10.9 Å². The van der Waals surface area contributed by atoms with E-state index < -0.39 is 15.1 Å². The van der Waals surface area contributed by atoms with Crippen LogP contribution in [0.1, 0.15) is 25.0 Å². The van der Waals surface area contributed by atoms with Crippen LogP contribution in [0, 0.1) is 4.91 Å². The van der Waals surface area contributed by atoms with Gasteiger partial charge in [0.2, 0.25) is 5.88 Å². The van der Waals surface area contributed by atoms with Crippen LogP contribution in [0.3, 0.4) is 0 Å². The van der Waals surface area contributed by atoms with E-state index in [4.69, 9.17) is 0 Å². The van der Waals surface area contributed by atoms with E-state index in [-0.39, 0.29) is 16.5 Å². The van der Waals surface area contributed by atoms with Crippen molar-refractivity contribution < 1.29 is 13.5 Å². The third-order valence-corrected chi connectivity index (χ3v) is 6.32. The summed E-state index contributed by atoms with van der Waals surface area (Å²) in [5.41, 5.74) is 1.95. The Bertz CT molecular complexity index is 883. The second-order valence-electron chi connectivity index (χ2n) is 5.93. The van der Waals surface area contributed by atoms with Gasteiger partial charge in [0.05, 0.1) is 15.7 Å². The molecule has 0 amide bonds. The first kappa shape index (κ1) is 15.0. The van der Waals surface area contributed by atoms with Crippen LogP contribution in [-0.4, -0.2) is 35.7 Å². The van der Waals surface area contributed by atoms with E-state index in [0.29, 0.717) is 24.0 Å². The number of nitrogens with one attached hydrogen (secondary N) is 1. The second-order valence-corrected chi connectivity index (χ2v) is 8.41. The van der Waals surface area contributed by atoms with Crippen molar-refractivity contribution in [3.05, 3.63) is 22.1 Å². The molecule has 22 heavy (non-hydrogen) atoms. The molecule has 0 radical (unpaired) electrons. The molecule has 2 aromatic rings. The van der Waals surface area contributed by atoms with E-state index in [1.54, 1.807) is 13.8 Å². The topological polar surface area (TPSA) is 103 Å². The zero-order chi connectivity index (χ0) is 16.2. The number of H-pyrrole nitrogens is 1. The highest BCUT2D eigenvalue weighted by Gasteiger charge is 2.32. The molecule has 0 atom stereocenters. The minimum absolute atomic E-state index is 0.146. The highest BCUT2D eigenvalue weighted by atomic mass is 32.2. The summed E-state index contributed by atoms with van der Waals surface area (Å²) in [6.07, 6.45) is 0. The fourth-order valence-corrected chi connectivity index (χ4v) is 4.25. The lowest BCUT2D eigenvalue weighted by molar-refractivity contribution is 0.352. The van der Waals surface area contributed by atoms with E-state index in [0.717, 1.165) is 11.1 Å². The molecule has 2 N–H and O–H groups in total. The predicted molar refractivity (Wildman–Crippen MR) is 82.9 cm³/mol. The molecule has 3 rings (SSSR count). The molecule has 0 bridgehead atoms. The Kier molecular flexibility index (Phi) is 3.26. The summed E-state index contributed by atoms with van der Waals surface area (Å²) >= 11 is 0. The van der Waals surface area contributed by atoms with Gasteiger partial charge in [-0.1, -0.05) is 0 Å². The number of aromatic nitrogens is 1. The summed E-state index contributed by atoms with van der Waals surface area (Å²) in [5, 5.41) is 12.4. The van der Waals surface area contributed by atoms with Crippen molar-refractivity contribution in [2.24, 2.45) is 5.18 Å². The molecule has 0 fully saturated rings. The summed E-state index contributed by atoms with van der Waals surface area (Å²) in [6.45, 7) is 4.30. The van der Waals surface area contributed by atoms with Gasteiger partial charge in [0.15, 0.2) is 15.5 Å². The van der Waals surface area contributed by atoms with E-state index in [2.05, 4.69) is 10.2 Å². The van der Waals surface area contributed by atoms with Crippen LogP contribution in [0.5, 0.6) is 5.88 Å². The van der Waals surface area contributed by atoms with Gasteiger partial charge in [0.25, 0.3) is 0 Å². The Hall–Kier alpha value is -1.93. The first-order valence-electron chi connectivity index (χ1n) is 6.92. The molecule has 0 saturated carbocycles. The number of nitroso groups, excluding NO2 is 1. The van der Waals surface area contributed by atoms with Gasteiger partial charge in [0, 0.05) is 18.5 Å². The number of benzene rings is 1. The van der Waals surface area contributed by atoms with Crippen LogP contribution in [-0.2, 0) is 22.9 Å². The fraction of sp³-hybridized carbons (Fsp3) is 0.429. The lowest BCUT2D eigenvalue weighted by atomic mass is 10.1. The van der Waals surface area contributed by atoms with Crippen molar-refractivity contribution >= 4 is 26.4 Å². The number of nitrogens with zero attached hydrogens (tertiary/aromatic N) is 2. The van der Waals surface area contributed by atoms with E-state index in [9.17, 15) is 18.4 Å². The van der Waals surface area contributed by atoms with Crippen molar-refractivity contribution in [2.45, 2.75) is 37.1 Å². The average molecular weight is 323 g/mol. The molecule has 0 aliphatic carbocycles. The first-order chi connectivity index (χ1) is 10.3. The SMILES string of the molecule is CC(C)S(=O)(=O)c1cc2c(N=O)c(O)[nH]c2c2c1CN(C)C2. The quantitative estimate of drug-likeness (QED) is 0.844. The minimum Gasteiger partial charge on any atom is -0.493 e. The molecule has 1 aromatic carbocycles. The van der Waals surface area contributed by atoms with Crippen LogP contribution in [0.15, 0.2) is 16.1 Å². The van der Waals surface area contributed by atoms with Crippen LogP contribution in [0.4, 0.5) is 5.69 Å². The van der Waals surface area contributed by atoms with Crippen molar-refractivity contribution in [3.63, 3.8) is 0 Å². The fourth-order valence-electron chi connectivity index (χ4n) is 2.93. The maximum Gasteiger partial charge on any atom is 0.219 e. The van der Waals surface area contributed by atoms with Crippen molar-refractivity contribution in [1.82, 2.24) is 9.88 Å². The average Bonchev–Trinajstić information content (AvgIpc) is 2.96. The van der Waals surface area contributed by atoms with E-state index >= 15 is 0 Å². The molecule has 0 spiro atoms. The molecule has 7 nitrogen and oxygen atoms in total. The number of hydrogen-bond donors (Lipinski definition) is 2. The Morgan fingerprint density at radius 2 is 1.95 bits per heavy atom. The van der Waals surface area contributed by atoms with Gasteiger partial charge < -0.3 is 10.1 Å². The van der Waals surface area contributed by atoms with Crippen LogP contribution < -0.4 is 0 Å². The van der Waals surface area contributed by atoms with Gasteiger partial charge in [-0.2, -0.15) is 0 Å². The zero-order valence-corrected chi connectivity index (χ0v) is 13.4. The highest BCUT2D eigenvalue weighted by Crippen LogP contribution is 2.42. The number of rotatable bonds is 3. The molecule has 118 valence electrons. The first-order valence-corrected chi connectivity index (χ1v) is 8.47. The summed E-state index contributed by atoms with van der Waals surface area (Å²) in [4.78, 5) is 15.9. The molecule has 1 aromatic heterocycles. The summed E-state index contributed by atoms with van der Waals surface area (Å²) in [7, 11) is -1.61. The van der Waals surface area contributed by atoms with Crippen molar-refractivity contribution in [2.75, 3.05) is 7.05 Å². The third-order valence-electron chi connectivity index (χ3n) is 4.11. The van der Waals surface area contributed by atoms with Crippen LogP contribution in [0.2, 0.25) is 0 Å². The molecular weight excluding hydrogens is 306 g/mol. The van der Waals surface area contributed by atoms with Crippen molar-refractivity contribution in [3.8, 4) is 5.88 Å². The van der Waals surface area contributed by atoms with Gasteiger partial charge >= 0.3 is 0 Å². The molecule has 2 heterocycles. The smallest absolute Gasteiger partial charge is 0.219 e. The Balaban J connectivity index is 2.44. The number of aromatic hydroxyl groups is 1. The largest absolute Gasteiger partial charge is 0.493 e. The monoisotopic (exact) mass is 323 g/mol. The summed E-state index contributed by atoms with van der Waals surface area (Å²) in [5.74, 6) is -0.333. The molecule has 8 heteroatoms. The normalized spacial score (nSPS) is 15.6. The number of sulfone groups is 1. The summed E-state index contributed by atoms with van der Waals surface area (Å²) in [6, 6.07) is 1.45. The molecule has 0 saturated heterocycles. The Morgan fingerprint density at radius 3 is 2.55 bits per heavy atom. The maximum atomic E-state index is 12.6. The highest BCUT2D eigenvalue weighted by molar-refractivity contribution is 7.92. The van der Waals surface area contributed by atoms with Gasteiger partial charge in [-0.3, -0.25) is 4.90 Å². The standard InChI is InChI=1S/C14H17N3O4S/c1-7(2)22(20,21)11-4-8-12(15-14(18)13(8)16-19)10-6-17(3)5-9(10)11/h4,7,15,18H,5-6H2,1-3H3. The maximum absolute atomic E-state index is 12.6. The number of hydrogen-bond acceptors (Lipinski definition) is 6. The third kappa shape index (κ3) is 1.94. The molecule has 1 aliphatic heterocycles. The van der Waals surface area contributed by atoms with Gasteiger partial charge in [-0.25, -0.2) is 8.42 Å². The van der Waals surface area contributed by atoms with Gasteiger partial charge in [-0.05, 0) is 43.3 Å². The zero-order valence-electron chi connectivity index (χ0n) is 12.5. The van der Waals surface area contributed by atoms with E-state index in [1.165, 1.54) is 6.07 Å². The Morgan fingerprint density at radius 1 is 1.32 bits per heavy atom. The van der Waals surface area contributed by atoms with Gasteiger partial charge in [-0.15, -0.1) is 4.91 Å². The summed E-state index contributed by atoms with van der Waals surface area (Å²) < 4.78 is 25.3. The number of aromatic amines is 1. The van der Waals surface area contributed by atoms with Crippen LogP contribution >= 0.6 is 0 Å². The lowest BCUT2D eigenvalue weighted by Crippen LogP contribution is -2.16.